The Hall–Kier alpha value is -0.710. The van der Waals surface area contributed by atoms with Crippen LogP contribution in [-0.2, 0) is 0 Å². The number of nitrogens with zero attached hydrogens (tertiary/aromatic N) is 1. The lowest BCUT2D eigenvalue weighted by atomic mass is 9.91. The van der Waals surface area contributed by atoms with Crippen molar-refractivity contribution in [3.05, 3.63) is 33.8 Å². The predicted molar refractivity (Wildman–Crippen MR) is 69.0 cm³/mol. The van der Waals surface area contributed by atoms with Crippen molar-refractivity contribution in [2.24, 2.45) is 0 Å². The average Bonchev–Trinajstić information content (AvgIpc) is 2.25. The Labute approximate surface area is 107 Å². The maximum absolute atomic E-state index is 8.82. The van der Waals surface area contributed by atoms with Crippen molar-refractivity contribution in [2.45, 2.75) is 38.5 Å². The lowest BCUT2D eigenvalue weighted by molar-refractivity contribution is 0.594. The number of hydrogen-bond acceptors (Lipinski definition) is 1. The fourth-order valence-electron chi connectivity index (χ4n) is 1.76. The number of rotatable bonds is 5. The van der Waals surface area contributed by atoms with Gasteiger partial charge >= 0.3 is 0 Å². The molecule has 3 heteroatoms. The average molecular weight is 256 g/mol. The number of unbranched alkanes of at least 4 members (excludes halogenated alkanes) is 1. The lowest BCUT2D eigenvalue weighted by Crippen LogP contribution is -1.99. The Morgan fingerprint density at radius 3 is 2.69 bits per heavy atom. The van der Waals surface area contributed by atoms with Crippen LogP contribution >= 0.6 is 23.2 Å². The monoisotopic (exact) mass is 255 g/mol. The summed E-state index contributed by atoms with van der Waals surface area (Å²) in [6, 6.07) is 7.74. The fraction of sp³-hybridized carbons (Fsp3) is 0.462. The first-order valence-electron chi connectivity index (χ1n) is 5.51. The highest BCUT2D eigenvalue weighted by atomic mass is 35.5. The van der Waals surface area contributed by atoms with Gasteiger partial charge in [0.1, 0.15) is 0 Å². The van der Waals surface area contributed by atoms with E-state index in [4.69, 9.17) is 28.5 Å². The first-order valence-corrected chi connectivity index (χ1v) is 6.26. The van der Waals surface area contributed by atoms with Gasteiger partial charge in [-0.1, -0.05) is 49.0 Å². The third-order valence-electron chi connectivity index (χ3n) is 2.65. The molecule has 1 aromatic rings. The summed E-state index contributed by atoms with van der Waals surface area (Å²) >= 11 is 12.0. The molecule has 1 aromatic carbocycles. The summed E-state index contributed by atoms with van der Waals surface area (Å²) in [6.07, 6.45) is 3.77. The van der Waals surface area contributed by atoms with Crippen LogP contribution in [-0.4, -0.2) is 0 Å². The minimum Gasteiger partial charge on any atom is -0.198 e. The summed E-state index contributed by atoms with van der Waals surface area (Å²) < 4.78 is 0. The smallest absolute Gasteiger partial charge is 0.0628 e. The van der Waals surface area contributed by atoms with E-state index < -0.39 is 0 Å². The van der Waals surface area contributed by atoms with Gasteiger partial charge in [-0.15, -0.1) is 0 Å². The molecule has 1 unspecified atom stereocenters. The SMILES string of the molecule is CCCCC(CC#N)c1ccc(Cl)cc1Cl. The maximum Gasteiger partial charge on any atom is 0.0628 e. The van der Waals surface area contributed by atoms with Gasteiger partial charge in [0.15, 0.2) is 0 Å². The van der Waals surface area contributed by atoms with E-state index in [1.807, 2.05) is 12.1 Å². The van der Waals surface area contributed by atoms with Crippen LogP contribution < -0.4 is 0 Å². The van der Waals surface area contributed by atoms with Crippen molar-refractivity contribution in [1.82, 2.24) is 0 Å². The molecule has 0 spiro atoms. The number of hydrogen-bond donors (Lipinski definition) is 0. The standard InChI is InChI=1S/C13H15Cl2N/c1-2-3-4-10(7-8-16)12-6-5-11(14)9-13(12)15/h5-6,9-10H,2-4,7H2,1H3. The molecule has 1 rings (SSSR count). The molecule has 0 saturated heterocycles. The zero-order valence-corrected chi connectivity index (χ0v) is 10.9. The van der Waals surface area contributed by atoms with Crippen LogP contribution in [0.3, 0.4) is 0 Å². The molecule has 0 bridgehead atoms. The molecule has 0 aliphatic heterocycles. The van der Waals surface area contributed by atoms with Gasteiger partial charge in [0.25, 0.3) is 0 Å². The van der Waals surface area contributed by atoms with Gasteiger partial charge in [-0.2, -0.15) is 5.26 Å². The molecule has 0 radical (unpaired) electrons. The number of halogens is 2. The summed E-state index contributed by atoms with van der Waals surface area (Å²) in [7, 11) is 0. The molecule has 1 nitrogen and oxygen atoms in total. The molecule has 0 aliphatic rings. The molecular formula is C13H15Cl2N. The van der Waals surface area contributed by atoms with Crippen LogP contribution in [0.2, 0.25) is 10.0 Å². The Morgan fingerprint density at radius 1 is 1.38 bits per heavy atom. The van der Waals surface area contributed by atoms with E-state index in [1.165, 1.54) is 0 Å². The van der Waals surface area contributed by atoms with Gasteiger partial charge in [-0.3, -0.25) is 0 Å². The largest absolute Gasteiger partial charge is 0.198 e. The molecular weight excluding hydrogens is 241 g/mol. The molecule has 86 valence electrons. The van der Waals surface area contributed by atoms with E-state index in [9.17, 15) is 0 Å². The fourth-order valence-corrected chi connectivity index (χ4v) is 2.32. The van der Waals surface area contributed by atoms with E-state index >= 15 is 0 Å². The molecule has 16 heavy (non-hydrogen) atoms. The molecule has 0 fully saturated rings. The van der Waals surface area contributed by atoms with Gasteiger partial charge in [0, 0.05) is 16.5 Å². The summed E-state index contributed by atoms with van der Waals surface area (Å²) in [5.74, 6) is 0.231. The van der Waals surface area contributed by atoms with Crippen molar-refractivity contribution < 1.29 is 0 Å². The van der Waals surface area contributed by atoms with E-state index in [-0.39, 0.29) is 5.92 Å². The van der Waals surface area contributed by atoms with E-state index in [0.29, 0.717) is 16.5 Å². The zero-order chi connectivity index (χ0) is 12.0. The van der Waals surface area contributed by atoms with E-state index in [1.54, 1.807) is 6.07 Å². The topological polar surface area (TPSA) is 23.8 Å². The van der Waals surface area contributed by atoms with Gasteiger partial charge in [0.2, 0.25) is 0 Å². The molecule has 0 amide bonds. The minimum atomic E-state index is 0.231. The first kappa shape index (κ1) is 13.4. The second-order valence-corrected chi connectivity index (χ2v) is 4.71. The second kappa shape index (κ2) is 6.78. The normalized spacial score (nSPS) is 12.1. The van der Waals surface area contributed by atoms with Crippen molar-refractivity contribution in [2.75, 3.05) is 0 Å². The summed E-state index contributed by atoms with van der Waals surface area (Å²) in [5.41, 5.74) is 1.04. The molecule has 0 aromatic heterocycles. The highest BCUT2D eigenvalue weighted by Crippen LogP contribution is 2.32. The van der Waals surface area contributed by atoms with Crippen LogP contribution in [0.15, 0.2) is 18.2 Å². The Bertz CT molecular complexity index is 382. The zero-order valence-electron chi connectivity index (χ0n) is 9.34. The predicted octanol–water partition coefficient (Wildman–Crippen LogP) is 5.18. The van der Waals surface area contributed by atoms with Crippen molar-refractivity contribution in [3.63, 3.8) is 0 Å². The summed E-state index contributed by atoms with van der Waals surface area (Å²) in [4.78, 5) is 0. The van der Waals surface area contributed by atoms with Gasteiger partial charge in [0.05, 0.1) is 6.07 Å². The number of benzene rings is 1. The minimum absolute atomic E-state index is 0.231. The quantitative estimate of drug-likeness (QED) is 0.711. The molecule has 0 N–H and O–H groups in total. The van der Waals surface area contributed by atoms with Crippen LogP contribution in [0.25, 0.3) is 0 Å². The van der Waals surface area contributed by atoms with Crippen molar-refractivity contribution in [3.8, 4) is 6.07 Å². The third kappa shape index (κ3) is 3.70. The van der Waals surface area contributed by atoms with E-state index in [0.717, 1.165) is 24.8 Å². The van der Waals surface area contributed by atoms with Crippen LogP contribution in [0.4, 0.5) is 0 Å². The molecule has 0 aliphatic carbocycles. The Morgan fingerprint density at radius 2 is 2.12 bits per heavy atom. The Balaban J connectivity index is 2.88. The van der Waals surface area contributed by atoms with E-state index in [2.05, 4.69) is 13.0 Å². The number of nitriles is 1. The van der Waals surface area contributed by atoms with Crippen LogP contribution in [0.1, 0.15) is 44.1 Å². The van der Waals surface area contributed by atoms with Gasteiger partial charge < -0.3 is 0 Å². The van der Waals surface area contributed by atoms with Crippen molar-refractivity contribution >= 4 is 23.2 Å². The van der Waals surface area contributed by atoms with Gasteiger partial charge in [-0.25, -0.2) is 0 Å². The molecule has 0 heterocycles. The maximum atomic E-state index is 8.82. The lowest BCUT2D eigenvalue weighted by Gasteiger charge is -2.15. The van der Waals surface area contributed by atoms with Crippen molar-refractivity contribution in [1.29, 1.82) is 5.26 Å². The summed E-state index contributed by atoms with van der Waals surface area (Å²) in [5, 5.41) is 10.1. The van der Waals surface area contributed by atoms with Gasteiger partial charge in [-0.05, 0) is 30.0 Å². The third-order valence-corrected chi connectivity index (χ3v) is 3.21. The second-order valence-electron chi connectivity index (χ2n) is 3.87. The summed E-state index contributed by atoms with van der Waals surface area (Å²) in [6.45, 7) is 2.15. The molecule has 0 saturated carbocycles. The van der Waals surface area contributed by atoms with Crippen LogP contribution in [0.5, 0.6) is 0 Å². The highest BCUT2D eigenvalue weighted by Gasteiger charge is 2.14. The highest BCUT2D eigenvalue weighted by molar-refractivity contribution is 6.35. The molecule has 1 atom stereocenters. The first-order chi connectivity index (χ1) is 7.69. The van der Waals surface area contributed by atoms with Crippen LogP contribution in [0, 0.1) is 11.3 Å². The Kier molecular flexibility index (Phi) is 5.66.